The van der Waals surface area contributed by atoms with Gasteiger partial charge in [-0.3, -0.25) is 4.79 Å². The number of hydrogen-bond donors (Lipinski definition) is 1. The van der Waals surface area contributed by atoms with Gasteiger partial charge in [-0.25, -0.2) is 0 Å². The number of amides is 1. The summed E-state index contributed by atoms with van der Waals surface area (Å²) in [4.78, 5) is 16.9. The minimum Gasteiger partial charge on any atom is -0.356 e. The van der Waals surface area contributed by atoms with Gasteiger partial charge in [0, 0.05) is 28.8 Å². The lowest BCUT2D eigenvalue weighted by Gasteiger charge is -2.39. The Balaban J connectivity index is 1.51. The van der Waals surface area contributed by atoms with Crippen LogP contribution in [0.4, 0.5) is 5.69 Å². The third-order valence-electron chi connectivity index (χ3n) is 8.00. The largest absolute Gasteiger partial charge is 0.356 e. The molecule has 36 heavy (non-hydrogen) atoms. The van der Waals surface area contributed by atoms with Gasteiger partial charge in [-0.15, -0.1) is 0 Å². The smallest absolute Gasteiger partial charge is 0.262 e. The second-order valence-corrected chi connectivity index (χ2v) is 11.5. The van der Waals surface area contributed by atoms with Gasteiger partial charge in [0.25, 0.3) is 5.91 Å². The summed E-state index contributed by atoms with van der Waals surface area (Å²) >= 11 is 1.65. The predicted molar refractivity (Wildman–Crippen MR) is 152 cm³/mol. The number of carbonyl (C=O) groups is 1. The highest BCUT2D eigenvalue weighted by atomic mass is 32.2. The van der Waals surface area contributed by atoms with E-state index in [9.17, 15) is 4.79 Å². The molecule has 4 nitrogen and oxygen atoms in total. The predicted octanol–water partition coefficient (Wildman–Crippen LogP) is 7.60. The molecule has 5 heteroatoms. The van der Waals surface area contributed by atoms with Gasteiger partial charge >= 0.3 is 0 Å². The lowest BCUT2D eigenvalue weighted by Crippen LogP contribution is -2.48. The molecular weight excluding hydrogens is 462 g/mol. The van der Waals surface area contributed by atoms with E-state index in [1.165, 1.54) is 47.5 Å². The number of benzene rings is 2. The van der Waals surface area contributed by atoms with Crippen molar-refractivity contribution in [2.75, 3.05) is 5.32 Å². The summed E-state index contributed by atoms with van der Waals surface area (Å²) in [5.41, 5.74) is 8.19. The number of nitrogens with one attached hydrogen (secondary N) is 1. The Kier molecular flexibility index (Phi) is 7.03. The molecule has 1 N–H and O–H groups in total. The maximum atomic E-state index is 13.9. The van der Waals surface area contributed by atoms with Crippen LogP contribution in [0, 0.1) is 33.6 Å². The van der Waals surface area contributed by atoms with E-state index in [1.807, 2.05) is 18.2 Å². The maximum Gasteiger partial charge on any atom is 0.262 e. The van der Waals surface area contributed by atoms with E-state index in [0.29, 0.717) is 5.92 Å². The average molecular weight is 500 g/mol. The van der Waals surface area contributed by atoms with Crippen LogP contribution >= 0.6 is 11.8 Å². The average Bonchev–Trinajstić information content (AvgIpc) is 3.31. The zero-order chi connectivity index (χ0) is 25.4. The van der Waals surface area contributed by atoms with Crippen LogP contribution in [-0.2, 0) is 4.79 Å². The van der Waals surface area contributed by atoms with Crippen molar-refractivity contribution >= 4 is 29.4 Å². The number of para-hydroxylation sites is 1. The Morgan fingerprint density at radius 1 is 0.972 bits per heavy atom. The van der Waals surface area contributed by atoms with Crippen LogP contribution < -0.4 is 5.32 Å². The minimum atomic E-state index is -0.0980. The summed E-state index contributed by atoms with van der Waals surface area (Å²) in [7, 11) is 0. The van der Waals surface area contributed by atoms with E-state index in [2.05, 4.69) is 91.9 Å². The molecule has 0 spiro atoms. The normalized spacial score (nSPS) is 23.5. The van der Waals surface area contributed by atoms with E-state index < -0.39 is 0 Å². The summed E-state index contributed by atoms with van der Waals surface area (Å²) in [6.45, 7) is 11.0. The van der Waals surface area contributed by atoms with E-state index in [0.717, 1.165) is 22.6 Å². The van der Waals surface area contributed by atoms with Crippen molar-refractivity contribution in [3.8, 4) is 5.69 Å². The molecule has 1 aliphatic heterocycles. The molecule has 2 aromatic carbocycles. The fraction of sp³-hybridized carbons (Fsp3) is 0.387. The third kappa shape index (κ3) is 4.61. The summed E-state index contributed by atoms with van der Waals surface area (Å²) in [5.74, 6) is 0.667. The van der Waals surface area contributed by atoms with Gasteiger partial charge in [-0.05, 0) is 93.5 Å². The molecule has 1 saturated carbocycles. The van der Waals surface area contributed by atoms with E-state index in [-0.39, 0.29) is 17.4 Å². The zero-order valence-corrected chi connectivity index (χ0v) is 22.9. The first-order valence-electron chi connectivity index (χ1n) is 13.1. The molecule has 0 radical (unpaired) electrons. The standard InChI is InChI=1S/C31H37N3OS/c1-20-13-11-17-28(23(20)4)33-22(3)18-25(24(33)5)19-29-30(35)34(27-16-10-9-12-21(27)2)31(36-29)32-26-14-7-6-8-15-26/h6-8,11,13-15,17-19,21,27,31-32H,9-10,12,16H2,1-5H3/b29-19-/t21-,27+,31?/m1/s1. The molecule has 0 bridgehead atoms. The van der Waals surface area contributed by atoms with Crippen molar-refractivity contribution in [1.29, 1.82) is 0 Å². The summed E-state index contributed by atoms with van der Waals surface area (Å²) < 4.78 is 2.32. The number of hydrogen-bond acceptors (Lipinski definition) is 3. The van der Waals surface area contributed by atoms with Crippen LogP contribution in [0.3, 0.4) is 0 Å². The highest BCUT2D eigenvalue weighted by Crippen LogP contribution is 2.42. The van der Waals surface area contributed by atoms with E-state index >= 15 is 0 Å². The number of thioether (sulfide) groups is 1. The number of aryl methyl sites for hydroxylation is 2. The lowest BCUT2D eigenvalue weighted by atomic mass is 9.85. The minimum absolute atomic E-state index is 0.0980. The molecule has 2 aliphatic rings. The molecule has 188 valence electrons. The third-order valence-corrected chi connectivity index (χ3v) is 9.11. The van der Waals surface area contributed by atoms with Gasteiger partial charge in [-0.1, -0.05) is 61.9 Å². The fourth-order valence-corrected chi connectivity index (χ4v) is 6.99. The Labute approximate surface area is 219 Å². The number of rotatable bonds is 5. The van der Waals surface area contributed by atoms with Gasteiger partial charge < -0.3 is 14.8 Å². The number of nitrogens with zero attached hydrogens (tertiary/aromatic N) is 2. The quantitative estimate of drug-likeness (QED) is 0.367. The van der Waals surface area contributed by atoms with Crippen LogP contribution in [-0.4, -0.2) is 26.9 Å². The van der Waals surface area contributed by atoms with Crippen LogP contribution in [0.2, 0.25) is 0 Å². The number of carbonyl (C=O) groups excluding carboxylic acids is 1. The van der Waals surface area contributed by atoms with Gasteiger partial charge in [0.05, 0.1) is 4.91 Å². The highest BCUT2D eigenvalue weighted by Gasteiger charge is 2.43. The summed E-state index contributed by atoms with van der Waals surface area (Å²) in [6.07, 6.45) is 6.83. The maximum absolute atomic E-state index is 13.9. The van der Waals surface area contributed by atoms with Crippen LogP contribution in [0.1, 0.15) is 60.7 Å². The lowest BCUT2D eigenvalue weighted by molar-refractivity contribution is -0.129. The highest BCUT2D eigenvalue weighted by molar-refractivity contribution is 8.05. The molecule has 3 aromatic rings. The van der Waals surface area contributed by atoms with E-state index in [1.54, 1.807) is 11.8 Å². The number of aromatic nitrogens is 1. The van der Waals surface area contributed by atoms with Crippen LogP contribution in [0.15, 0.2) is 59.5 Å². The molecule has 3 atom stereocenters. The van der Waals surface area contributed by atoms with E-state index in [4.69, 9.17) is 0 Å². The summed E-state index contributed by atoms with van der Waals surface area (Å²) in [5, 5.41) is 3.65. The van der Waals surface area contributed by atoms with Crippen LogP contribution in [0.25, 0.3) is 11.8 Å². The topological polar surface area (TPSA) is 37.3 Å². The van der Waals surface area contributed by atoms with Gasteiger partial charge in [0.2, 0.25) is 0 Å². The van der Waals surface area contributed by atoms with Crippen molar-refractivity contribution in [1.82, 2.24) is 9.47 Å². The molecule has 1 unspecified atom stereocenters. The zero-order valence-electron chi connectivity index (χ0n) is 22.0. The van der Waals surface area contributed by atoms with Gasteiger partial charge in [-0.2, -0.15) is 0 Å². The first kappa shape index (κ1) is 24.8. The Hall–Kier alpha value is -2.92. The molecule has 5 rings (SSSR count). The first-order chi connectivity index (χ1) is 17.3. The molecule has 2 fully saturated rings. The molecule has 1 saturated heterocycles. The first-order valence-corrected chi connectivity index (χ1v) is 14.0. The Bertz CT molecular complexity index is 1290. The number of anilines is 1. The monoisotopic (exact) mass is 499 g/mol. The summed E-state index contributed by atoms with van der Waals surface area (Å²) in [6, 6.07) is 19.2. The molecule has 1 amide bonds. The van der Waals surface area contributed by atoms with Gasteiger partial charge in [0.1, 0.15) is 0 Å². The molecule has 1 aliphatic carbocycles. The Morgan fingerprint density at radius 3 is 2.47 bits per heavy atom. The van der Waals surface area contributed by atoms with Crippen molar-refractivity contribution in [2.45, 2.75) is 71.8 Å². The van der Waals surface area contributed by atoms with Crippen molar-refractivity contribution in [3.05, 3.63) is 87.6 Å². The molecule has 2 heterocycles. The van der Waals surface area contributed by atoms with Crippen molar-refractivity contribution in [2.24, 2.45) is 5.92 Å². The second kappa shape index (κ2) is 10.2. The van der Waals surface area contributed by atoms with Crippen molar-refractivity contribution in [3.63, 3.8) is 0 Å². The van der Waals surface area contributed by atoms with Crippen molar-refractivity contribution < 1.29 is 4.79 Å². The SMILES string of the molecule is Cc1cccc(-n2c(C)cc(/C=C3\SC(Nc4ccccc4)N([C@H]4CCCC[C@H]4C)C3=O)c2C)c1C. The second-order valence-electron chi connectivity index (χ2n) is 10.4. The molecule has 1 aromatic heterocycles. The Morgan fingerprint density at radius 2 is 1.72 bits per heavy atom. The van der Waals surface area contributed by atoms with Gasteiger partial charge in [0.15, 0.2) is 5.50 Å². The van der Waals surface area contributed by atoms with Crippen LogP contribution in [0.5, 0.6) is 0 Å². The fourth-order valence-electron chi connectivity index (χ4n) is 5.79. The molecular formula is C31H37N3OS.